The molecule has 0 aromatic rings. The van der Waals surface area contributed by atoms with Crippen molar-refractivity contribution in [2.24, 2.45) is 5.16 Å². The molecule has 0 atom stereocenters. The molecule has 62 valence electrons. The Hall–Kier alpha value is -1.32. The van der Waals surface area contributed by atoms with Crippen LogP contribution in [0.4, 0.5) is 4.39 Å². The molecule has 0 saturated heterocycles. The largest absolute Gasteiger partial charge is 0.411 e. The molecule has 11 heavy (non-hydrogen) atoms. The molecule has 2 N–H and O–H groups in total. The fraction of sp³-hybridized carbons (Fsp3) is 0.286. The molecule has 0 radical (unpaired) electrons. The average Bonchev–Trinajstić information content (AvgIpc) is 2.00. The van der Waals surface area contributed by atoms with E-state index in [1.54, 1.807) is 6.92 Å². The van der Waals surface area contributed by atoms with Crippen molar-refractivity contribution in [1.82, 2.24) is 5.32 Å². The summed E-state index contributed by atoms with van der Waals surface area (Å²) in [6.45, 7) is 5.15. The molecule has 0 amide bonds. The van der Waals surface area contributed by atoms with E-state index in [0.29, 0.717) is 12.1 Å². The van der Waals surface area contributed by atoms with Gasteiger partial charge in [0, 0.05) is 0 Å². The first-order chi connectivity index (χ1) is 5.26. The molecule has 0 heterocycles. The van der Waals surface area contributed by atoms with Crippen LogP contribution < -0.4 is 5.32 Å². The van der Waals surface area contributed by atoms with Gasteiger partial charge in [0.1, 0.15) is 6.21 Å². The lowest BCUT2D eigenvalue weighted by molar-refractivity contribution is 0.320. The minimum absolute atomic E-state index is 0.345. The van der Waals surface area contributed by atoms with E-state index >= 15 is 0 Å². The molecule has 0 aliphatic heterocycles. The van der Waals surface area contributed by atoms with E-state index in [2.05, 4.69) is 17.1 Å². The van der Waals surface area contributed by atoms with Crippen molar-refractivity contribution in [3.8, 4) is 0 Å². The maximum atomic E-state index is 12.7. The lowest BCUT2D eigenvalue weighted by Crippen LogP contribution is -2.05. The molecule has 0 aromatic heterocycles. The van der Waals surface area contributed by atoms with Crippen molar-refractivity contribution in [2.75, 3.05) is 0 Å². The predicted octanol–water partition coefficient (Wildman–Crippen LogP) is 1.77. The molecular weight excluding hydrogens is 147 g/mol. The van der Waals surface area contributed by atoms with Gasteiger partial charge in [0.05, 0.1) is 5.70 Å². The highest BCUT2D eigenvalue weighted by Gasteiger charge is 1.98. The van der Waals surface area contributed by atoms with Crippen molar-refractivity contribution in [2.45, 2.75) is 13.3 Å². The standard InChI is InChI=1S/C7H11FN2O/c1-3-7(9-4-2)6(8)5-10-11/h4-5,9,11H,2-3H2,1H3/b7-6-,10-5-. The van der Waals surface area contributed by atoms with E-state index in [9.17, 15) is 4.39 Å². The summed E-state index contributed by atoms with van der Waals surface area (Å²) in [6.07, 6.45) is 2.59. The molecule has 0 aliphatic rings. The van der Waals surface area contributed by atoms with Gasteiger partial charge < -0.3 is 10.5 Å². The summed E-state index contributed by atoms with van der Waals surface area (Å²) in [7, 11) is 0. The van der Waals surface area contributed by atoms with Crippen LogP contribution in [0.15, 0.2) is 29.5 Å². The highest BCUT2D eigenvalue weighted by atomic mass is 19.1. The Morgan fingerprint density at radius 2 is 2.45 bits per heavy atom. The molecule has 4 heteroatoms. The molecule has 0 saturated carbocycles. The van der Waals surface area contributed by atoms with Crippen LogP contribution >= 0.6 is 0 Å². The zero-order valence-corrected chi connectivity index (χ0v) is 6.34. The summed E-state index contributed by atoms with van der Waals surface area (Å²) in [4.78, 5) is 0. The van der Waals surface area contributed by atoms with Crippen LogP contribution in [0.5, 0.6) is 0 Å². The van der Waals surface area contributed by atoms with Gasteiger partial charge in [-0.15, -0.1) is 0 Å². The zero-order valence-electron chi connectivity index (χ0n) is 6.34. The number of hydrogen-bond donors (Lipinski definition) is 2. The van der Waals surface area contributed by atoms with Crippen LogP contribution in [0.3, 0.4) is 0 Å². The summed E-state index contributed by atoms with van der Waals surface area (Å²) in [6, 6.07) is 0. The fourth-order valence-electron chi connectivity index (χ4n) is 0.592. The van der Waals surface area contributed by atoms with Crippen molar-refractivity contribution < 1.29 is 9.60 Å². The molecular formula is C7H11FN2O. The van der Waals surface area contributed by atoms with Crippen molar-refractivity contribution in [3.05, 3.63) is 24.3 Å². The fourth-order valence-corrected chi connectivity index (χ4v) is 0.592. The van der Waals surface area contributed by atoms with Gasteiger partial charge in [-0.2, -0.15) is 0 Å². The summed E-state index contributed by atoms with van der Waals surface area (Å²) in [5.74, 6) is -0.588. The molecule has 3 nitrogen and oxygen atoms in total. The molecule has 0 spiro atoms. The zero-order chi connectivity index (χ0) is 8.69. The Labute approximate surface area is 64.9 Å². The van der Waals surface area contributed by atoms with Crippen LogP contribution in [0.2, 0.25) is 0 Å². The van der Waals surface area contributed by atoms with E-state index in [1.807, 2.05) is 0 Å². The van der Waals surface area contributed by atoms with Gasteiger partial charge in [-0.05, 0) is 12.6 Å². The molecule has 0 fully saturated rings. The number of nitrogens with one attached hydrogen (secondary N) is 1. The van der Waals surface area contributed by atoms with Gasteiger partial charge in [-0.1, -0.05) is 18.7 Å². The third-order valence-corrected chi connectivity index (χ3v) is 1.09. The average molecular weight is 158 g/mol. The predicted molar refractivity (Wildman–Crippen MR) is 42.0 cm³/mol. The first kappa shape index (κ1) is 9.68. The van der Waals surface area contributed by atoms with Crippen LogP contribution in [-0.2, 0) is 0 Å². The Kier molecular flexibility index (Phi) is 4.81. The lowest BCUT2D eigenvalue weighted by Gasteiger charge is -2.02. The second-order valence-electron chi connectivity index (χ2n) is 1.77. The van der Waals surface area contributed by atoms with Gasteiger partial charge in [0.2, 0.25) is 0 Å². The van der Waals surface area contributed by atoms with Crippen LogP contribution in [0.1, 0.15) is 13.3 Å². The first-order valence-electron chi connectivity index (χ1n) is 3.19. The Morgan fingerprint density at radius 1 is 1.82 bits per heavy atom. The second-order valence-corrected chi connectivity index (χ2v) is 1.77. The number of nitrogens with zero attached hydrogens (tertiary/aromatic N) is 1. The minimum atomic E-state index is -0.588. The molecule has 0 bridgehead atoms. The van der Waals surface area contributed by atoms with Gasteiger partial charge in [0.15, 0.2) is 5.83 Å². The van der Waals surface area contributed by atoms with Crippen molar-refractivity contribution in [3.63, 3.8) is 0 Å². The van der Waals surface area contributed by atoms with E-state index in [4.69, 9.17) is 5.21 Å². The lowest BCUT2D eigenvalue weighted by atomic mass is 10.3. The SMILES string of the molecule is C=CN/C(CC)=C(F)/C=N\O. The van der Waals surface area contributed by atoms with Gasteiger partial charge in [-0.25, -0.2) is 4.39 Å². The Bertz CT molecular complexity index is 187. The number of oxime groups is 1. The maximum Gasteiger partial charge on any atom is 0.163 e. The van der Waals surface area contributed by atoms with E-state index in [1.165, 1.54) is 6.20 Å². The quantitative estimate of drug-likeness (QED) is 0.372. The van der Waals surface area contributed by atoms with Gasteiger partial charge in [-0.3, -0.25) is 0 Å². The number of hydrogen-bond acceptors (Lipinski definition) is 3. The maximum absolute atomic E-state index is 12.7. The number of rotatable bonds is 4. The van der Waals surface area contributed by atoms with Crippen LogP contribution in [0, 0.1) is 0 Å². The summed E-state index contributed by atoms with van der Waals surface area (Å²) >= 11 is 0. The Balaban J connectivity index is 4.38. The second kappa shape index (κ2) is 5.46. The van der Waals surface area contributed by atoms with Gasteiger partial charge >= 0.3 is 0 Å². The third-order valence-electron chi connectivity index (χ3n) is 1.09. The Morgan fingerprint density at radius 3 is 2.82 bits per heavy atom. The van der Waals surface area contributed by atoms with E-state index in [0.717, 1.165) is 6.21 Å². The van der Waals surface area contributed by atoms with Crippen molar-refractivity contribution >= 4 is 6.21 Å². The van der Waals surface area contributed by atoms with E-state index < -0.39 is 5.83 Å². The van der Waals surface area contributed by atoms with Crippen molar-refractivity contribution in [1.29, 1.82) is 0 Å². The minimum Gasteiger partial charge on any atom is -0.411 e. The highest BCUT2D eigenvalue weighted by Crippen LogP contribution is 2.04. The topological polar surface area (TPSA) is 44.6 Å². The summed E-state index contributed by atoms with van der Waals surface area (Å²) in [5.41, 5.74) is 0.345. The smallest absolute Gasteiger partial charge is 0.163 e. The van der Waals surface area contributed by atoms with Gasteiger partial charge in [0.25, 0.3) is 0 Å². The first-order valence-corrected chi connectivity index (χ1v) is 3.19. The normalized spacial score (nSPS) is 12.9. The van der Waals surface area contributed by atoms with E-state index in [-0.39, 0.29) is 0 Å². The highest BCUT2D eigenvalue weighted by molar-refractivity contribution is 5.75. The molecule has 0 aliphatic carbocycles. The summed E-state index contributed by atoms with van der Waals surface area (Å²) in [5, 5.41) is 13.1. The number of allylic oxidation sites excluding steroid dienone is 2. The molecule has 0 unspecified atom stereocenters. The third kappa shape index (κ3) is 3.40. The van der Waals surface area contributed by atoms with Crippen LogP contribution in [-0.4, -0.2) is 11.4 Å². The summed E-state index contributed by atoms with van der Waals surface area (Å²) < 4.78 is 12.7. The molecule has 0 aromatic carbocycles. The monoisotopic (exact) mass is 158 g/mol. The molecule has 0 rings (SSSR count). The number of halogens is 1. The van der Waals surface area contributed by atoms with Crippen LogP contribution in [0.25, 0.3) is 0 Å².